The highest BCUT2D eigenvalue weighted by molar-refractivity contribution is 6.41. The van der Waals surface area contributed by atoms with Crippen LogP contribution in [-0.4, -0.2) is 4.98 Å². The molecule has 0 saturated heterocycles. The highest BCUT2D eigenvalue weighted by Gasteiger charge is 2.01. The fourth-order valence-electron chi connectivity index (χ4n) is 0.632. The van der Waals surface area contributed by atoms with E-state index in [2.05, 4.69) is 4.98 Å². The van der Waals surface area contributed by atoms with Crippen LogP contribution in [0, 0.1) is 6.92 Å². The van der Waals surface area contributed by atoms with Crippen molar-refractivity contribution in [1.29, 1.82) is 0 Å². The Hall–Kier alpha value is -0.470. The van der Waals surface area contributed by atoms with E-state index in [9.17, 15) is 4.79 Å². The van der Waals surface area contributed by atoms with Crippen LogP contribution >= 0.6 is 23.2 Å². The summed E-state index contributed by atoms with van der Waals surface area (Å²) in [6.45, 7) is 1.74. The van der Waals surface area contributed by atoms with E-state index in [0.29, 0.717) is 10.7 Å². The van der Waals surface area contributed by atoms with Gasteiger partial charge < -0.3 is 4.98 Å². The minimum atomic E-state index is -0.341. The van der Waals surface area contributed by atoms with Crippen LogP contribution in [0.3, 0.4) is 0 Å². The van der Waals surface area contributed by atoms with Gasteiger partial charge in [-0.05, 0) is 13.0 Å². The van der Waals surface area contributed by atoms with Crippen LogP contribution in [-0.2, 0) is 0 Å². The highest BCUT2D eigenvalue weighted by Crippen LogP contribution is 2.16. The third-order valence-corrected chi connectivity index (χ3v) is 1.83. The standard InChI is InChI=1S/C6H5Cl2NO/c1-3-2-4(7)5(8)6(10)9-3/h2H,1H3,(H,9,10). The zero-order valence-corrected chi connectivity index (χ0v) is 6.75. The Morgan fingerprint density at radius 3 is 2.60 bits per heavy atom. The molecular weight excluding hydrogens is 173 g/mol. The molecule has 54 valence electrons. The molecule has 0 spiro atoms. The summed E-state index contributed by atoms with van der Waals surface area (Å²) in [6, 6.07) is 1.60. The van der Waals surface area contributed by atoms with E-state index in [-0.39, 0.29) is 10.6 Å². The van der Waals surface area contributed by atoms with Crippen molar-refractivity contribution in [2.45, 2.75) is 6.92 Å². The normalized spacial score (nSPS) is 9.90. The van der Waals surface area contributed by atoms with Crippen molar-refractivity contribution in [3.05, 3.63) is 32.2 Å². The first-order chi connectivity index (χ1) is 4.61. The summed E-state index contributed by atoms with van der Waals surface area (Å²) < 4.78 is 0. The number of aromatic nitrogens is 1. The van der Waals surface area contributed by atoms with Crippen LogP contribution in [0.1, 0.15) is 5.69 Å². The summed E-state index contributed by atoms with van der Waals surface area (Å²) in [7, 11) is 0. The summed E-state index contributed by atoms with van der Waals surface area (Å²) in [5.74, 6) is 0. The SMILES string of the molecule is Cc1cc(Cl)c(Cl)c(=O)[nH]1. The van der Waals surface area contributed by atoms with Gasteiger partial charge in [-0.2, -0.15) is 0 Å². The minimum absolute atomic E-state index is 0.0484. The summed E-state index contributed by atoms with van der Waals surface area (Å²) in [6.07, 6.45) is 0. The molecule has 1 aromatic heterocycles. The molecule has 4 heteroatoms. The minimum Gasteiger partial charge on any atom is -0.325 e. The molecule has 0 aliphatic heterocycles. The number of hydrogen-bond donors (Lipinski definition) is 1. The van der Waals surface area contributed by atoms with E-state index in [0.717, 1.165) is 0 Å². The molecule has 1 heterocycles. The fourth-order valence-corrected chi connectivity index (χ4v) is 0.983. The molecular formula is C6H5Cl2NO. The molecule has 0 radical (unpaired) electrons. The Morgan fingerprint density at radius 2 is 2.10 bits per heavy atom. The Bertz CT molecular complexity index is 305. The van der Waals surface area contributed by atoms with E-state index in [1.165, 1.54) is 0 Å². The van der Waals surface area contributed by atoms with Crippen LogP contribution in [0.5, 0.6) is 0 Å². The summed E-state index contributed by atoms with van der Waals surface area (Å²) in [5.41, 5.74) is 0.367. The highest BCUT2D eigenvalue weighted by atomic mass is 35.5. The third kappa shape index (κ3) is 1.33. The fraction of sp³-hybridized carbons (Fsp3) is 0.167. The first-order valence-electron chi connectivity index (χ1n) is 2.66. The van der Waals surface area contributed by atoms with E-state index in [4.69, 9.17) is 23.2 Å². The van der Waals surface area contributed by atoms with Crippen molar-refractivity contribution in [2.75, 3.05) is 0 Å². The molecule has 1 rings (SSSR count). The van der Waals surface area contributed by atoms with Gasteiger partial charge in [0.25, 0.3) is 5.56 Å². The molecule has 0 unspecified atom stereocenters. The summed E-state index contributed by atoms with van der Waals surface area (Å²) in [5, 5.41) is 0.343. The second kappa shape index (κ2) is 2.64. The molecule has 0 atom stereocenters. The van der Waals surface area contributed by atoms with E-state index >= 15 is 0 Å². The number of rotatable bonds is 0. The van der Waals surface area contributed by atoms with Gasteiger partial charge in [0.05, 0.1) is 5.02 Å². The van der Waals surface area contributed by atoms with Gasteiger partial charge in [-0.1, -0.05) is 23.2 Å². The summed E-state index contributed by atoms with van der Waals surface area (Å²) in [4.78, 5) is 13.3. The smallest absolute Gasteiger partial charge is 0.268 e. The van der Waals surface area contributed by atoms with Crippen LogP contribution in [0.15, 0.2) is 10.9 Å². The van der Waals surface area contributed by atoms with Gasteiger partial charge in [-0.25, -0.2) is 0 Å². The molecule has 0 fully saturated rings. The first kappa shape index (κ1) is 7.63. The van der Waals surface area contributed by atoms with Gasteiger partial charge in [0.15, 0.2) is 0 Å². The first-order valence-corrected chi connectivity index (χ1v) is 3.42. The Kier molecular flexibility index (Phi) is 2.02. The molecule has 1 N–H and O–H groups in total. The number of hydrogen-bond acceptors (Lipinski definition) is 1. The second-order valence-corrected chi connectivity index (χ2v) is 2.73. The second-order valence-electron chi connectivity index (χ2n) is 1.94. The van der Waals surface area contributed by atoms with Gasteiger partial charge in [-0.3, -0.25) is 4.79 Å². The van der Waals surface area contributed by atoms with E-state index < -0.39 is 0 Å². The lowest BCUT2D eigenvalue weighted by Gasteiger charge is -1.94. The van der Waals surface area contributed by atoms with Crippen LogP contribution in [0.25, 0.3) is 0 Å². The lowest BCUT2D eigenvalue weighted by Crippen LogP contribution is -2.07. The monoisotopic (exact) mass is 177 g/mol. The number of halogens is 2. The number of pyridine rings is 1. The lowest BCUT2D eigenvalue weighted by molar-refractivity contribution is 1.14. The molecule has 0 amide bonds. The number of aromatic amines is 1. The predicted molar refractivity (Wildman–Crippen MR) is 41.8 cm³/mol. The maximum absolute atomic E-state index is 10.8. The quantitative estimate of drug-likeness (QED) is 0.647. The molecule has 2 nitrogen and oxygen atoms in total. The van der Waals surface area contributed by atoms with Crippen molar-refractivity contribution in [3.63, 3.8) is 0 Å². The van der Waals surface area contributed by atoms with Gasteiger partial charge in [0.1, 0.15) is 5.02 Å². The maximum Gasteiger partial charge on any atom is 0.268 e. The maximum atomic E-state index is 10.8. The topological polar surface area (TPSA) is 32.9 Å². The van der Waals surface area contributed by atoms with Gasteiger partial charge in [0.2, 0.25) is 0 Å². The van der Waals surface area contributed by atoms with E-state index in [1.807, 2.05) is 0 Å². The molecule has 10 heavy (non-hydrogen) atoms. The van der Waals surface area contributed by atoms with Crippen LogP contribution in [0.2, 0.25) is 10.0 Å². The third-order valence-electron chi connectivity index (χ3n) is 1.06. The van der Waals surface area contributed by atoms with Gasteiger partial charge in [-0.15, -0.1) is 0 Å². The van der Waals surface area contributed by atoms with Crippen LogP contribution in [0.4, 0.5) is 0 Å². The molecule has 0 aliphatic rings. The number of aryl methyl sites for hydroxylation is 1. The van der Waals surface area contributed by atoms with E-state index in [1.54, 1.807) is 13.0 Å². The zero-order chi connectivity index (χ0) is 7.72. The van der Waals surface area contributed by atoms with Crippen molar-refractivity contribution in [3.8, 4) is 0 Å². The summed E-state index contributed by atoms with van der Waals surface area (Å²) >= 11 is 11.0. The predicted octanol–water partition coefficient (Wildman–Crippen LogP) is 1.99. The number of H-pyrrole nitrogens is 1. The molecule has 0 aliphatic carbocycles. The van der Waals surface area contributed by atoms with Gasteiger partial charge >= 0.3 is 0 Å². The Labute approximate surface area is 67.8 Å². The average molecular weight is 178 g/mol. The molecule has 1 aromatic rings. The average Bonchev–Trinajstić information content (AvgIpc) is 1.82. The number of nitrogens with one attached hydrogen (secondary N) is 1. The Balaban J connectivity index is 3.46. The van der Waals surface area contributed by atoms with Crippen molar-refractivity contribution < 1.29 is 0 Å². The van der Waals surface area contributed by atoms with Crippen molar-refractivity contribution in [2.24, 2.45) is 0 Å². The molecule has 0 saturated carbocycles. The largest absolute Gasteiger partial charge is 0.325 e. The lowest BCUT2D eigenvalue weighted by atomic mass is 10.4. The zero-order valence-electron chi connectivity index (χ0n) is 5.24. The molecule has 0 aromatic carbocycles. The van der Waals surface area contributed by atoms with Crippen LogP contribution < -0.4 is 5.56 Å². The van der Waals surface area contributed by atoms with Crippen molar-refractivity contribution >= 4 is 23.2 Å². The molecule has 0 bridgehead atoms. The van der Waals surface area contributed by atoms with Crippen molar-refractivity contribution in [1.82, 2.24) is 4.98 Å². The Morgan fingerprint density at radius 1 is 1.50 bits per heavy atom. The van der Waals surface area contributed by atoms with Gasteiger partial charge in [0, 0.05) is 5.69 Å².